The molecule has 1 fully saturated rings. The van der Waals surface area contributed by atoms with Gasteiger partial charge in [0, 0.05) is 12.4 Å². The van der Waals surface area contributed by atoms with E-state index < -0.39 is 11.5 Å². The lowest BCUT2D eigenvalue weighted by molar-refractivity contribution is -0.945. The fourth-order valence-electron chi connectivity index (χ4n) is 3.26. The monoisotopic (exact) mass is 402 g/mol. The predicted molar refractivity (Wildman–Crippen MR) is 90.4 cm³/mol. The maximum atomic E-state index is 12.4. The van der Waals surface area contributed by atoms with E-state index in [2.05, 4.69) is 10.6 Å². The zero-order valence-electron chi connectivity index (χ0n) is 14.6. The molecule has 2 aromatic rings. The summed E-state index contributed by atoms with van der Waals surface area (Å²) in [6.07, 6.45) is 0. The number of nitrogens with one attached hydrogen (secondary N) is 2. The molecule has 1 aromatic heterocycles. The van der Waals surface area contributed by atoms with Crippen LogP contribution in [0.15, 0.2) is 29.1 Å². The van der Waals surface area contributed by atoms with E-state index in [4.69, 9.17) is 0 Å². The van der Waals surface area contributed by atoms with Crippen molar-refractivity contribution >= 4 is 16.8 Å². The smallest absolute Gasteiger partial charge is 0.267 e. The van der Waals surface area contributed by atoms with Crippen LogP contribution in [0.2, 0.25) is 0 Å². The number of aryl methyl sites for hydroxylation is 1. The highest BCUT2D eigenvalue weighted by atomic mass is 35.5. The second-order valence-electron chi connectivity index (χ2n) is 6.23. The number of hydrogen-bond donors (Lipinski definition) is 4. The average Bonchev–Trinajstić information content (AvgIpc) is 2.61. The van der Waals surface area contributed by atoms with Crippen molar-refractivity contribution in [2.75, 3.05) is 39.3 Å². The van der Waals surface area contributed by atoms with Crippen molar-refractivity contribution in [3.63, 3.8) is 0 Å². The molecule has 0 saturated carbocycles. The minimum Gasteiger partial charge on any atom is -1.00 e. The van der Waals surface area contributed by atoms with Crippen molar-refractivity contribution in [3.05, 3.63) is 40.2 Å². The number of carbonyl (C=O) groups excluding carboxylic acids is 1. The van der Waals surface area contributed by atoms with E-state index in [1.165, 1.54) is 9.47 Å². The van der Waals surface area contributed by atoms with Gasteiger partial charge in [0.2, 0.25) is 0 Å². The Morgan fingerprint density at radius 1 is 1.27 bits per heavy atom. The number of para-hydroxylation sites is 1. The second-order valence-corrected chi connectivity index (χ2v) is 6.23. The molecule has 26 heavy (non-hydrogen) atoms. The molecule has 1 amide bonds. The third-order valence-corrected chi connectivity index (χ3v) is 4.67. The molecule has 0 spiro atoms. The number of pyridine rings is 1. The molecular formula is C17H24Cl2N4O3. The number of nitrogens with two attached hydrogens (primary N) is 1. The van der Waals surface area contributed by atoms with Gasteiger partial charge >= 0.3 is 0 Å². The van der Waals surface area contributed by atoms with Gasteiger partial charge in [-0.05, 0) is 12.1 Å². The first kappa shape index (κ1) is 22.2. The van der Waals surface area contributed by atoms with Crippen molar-refractivity contribution in [1.82, 2.24) is 9.88 Å². The number of carbonyl (C=O) groups is 1. The first-order valence-electron chi connectivity index (χ1n) is 8.33. The number of benzene rings is 1. The highest BCUT2D eigenvalue weighted by Gasteiger charge is 2.21. The summed E-state index contributed by atoms with van der Waals surface area (Å²) in [7, 11) is 1.61. The SMILES string of the molecule is Cn1c(=O)c(C(=O)NCC[NH+]2CC[NH2+]CC2)c(O)c2ccccc21.[Cl-].[Cl-]. The topological polar surface area (TPSA) is 92.4 Å². The molecule has 1 aliphatic heterocycles. The normalized spacial score (nSPS) is 14.3. The Morgan fingerprint density at radius 3 is 2.62 bits per heavy atom. The predicted octanol–water partition coefficient (Wildman–Crippen LogP) is -8.56. The van der Waals surface area contributed by atoms with Gasteiger partial charge in [-0.3, -0.25) is 9.59 Å². The first-order valence-corrected chi connectivity index (χ1v) is 8.33. The van der Waals surface area contributed by atoms with Gasteiger partial charge < -0.3 is 50.0 Å². The van der Waals surface area contributed by atoms with Gasteiger partial charge in [0.05, 0.1) is 18.6 Å². The number of amides is 1. The lowest BCUT2D eigenvalue weighted by Gasteiger charge is -2.22. The molecule has 0 bridgehead atoms. The van der Waals surface area contributed by atoms with Crippen molar-refractivity contribution in [1.29, 1.82) is 0 Å². The van der Waals surface area contributed by atoms with Gasteiger partial charge in [0.1, 0.15) is 37.5 Å². The molecule has 2 heterocycles. The number of aromatic nitrogens is 1. The van der Waals surface area contributed by atoms with E-state index in [0.717, 1.165) is 32.7 Å². The number of fused-ring (bicyclic) bond motifs is 1. The van der Waals surface area contributed by atoms with Crippen LogP contribution in [0.25, 0.3) is 10.9 Å². The van der Waals surface area contributed by atoms with Crippen molar-refractivity contribution in [2.24, 2.45) is 7.05 Å². The fourth-order valence-corrected chi connectivity index (χ4v) is 3.26. The number of halogens is 2. The summed E-state index contributed by atoms with van der Waals surface area (Å²) < 4.78 is 1.40. The summed E-state index contributed by atoms with van der Waals surface area (Å²) in [6, 6.07) is 7.01. The fraction of sp³-hybridized carbons (Fsp3) is 0.412. The molecule has 1 aliphatic rings. The zero-order chi connectivity index (χ0) is 17.1. The zero-order valence-corrected chi connectivity index (χ0v) is 16.1. The molecule has 1 saturated heterocycles. The molecular weight excluding hydrogens is 379 g/mol. The van der Waals surface area contributed by atoms with Crippen LogP contribution in [0.5, 0.6) is 5.75 Å². The van der Waals surface area contributed by atoms with E-state index >= 15 is 0 Å². The van der Waals surface area contributed by atoms with Crippen LogP contribution in [-0.4, -0.2) is 54.8 Å². The molecule has 0 radical (unpaired) electrons. The van der Waals surface area contributed by atoms with E-state index in [9.17, 15) is 14.7 Å². The molecule has 3 rings (SSSR count). The van der Waals surface area contributed by atoms with Crippen LogP contribution in [0.1, 0.15) is 10.4 Å². The third kappa shape index (κ3) is 4.48. The first-order chi connectivity index (χ1) is 11.6. The van der Waals surface area contributed by atoms with E-state index in [1.807, 2.05) is 0 Å². The minimum absolute atomic E-state index is 0. The lowest BCUT2D eigenvalue weighted by atomic mass is 10.1. The van der Waals surface area contributed by atoms with Crippen molar-refractivity contribution < 1.29 is 44.9 Å². The molecule has 0 unspecified atom stereocenters. The minimum atomic E-state index is -0.512. The lowest BCUT2D eigenvalue weighted by Crippen LogP contribution is -3.20. The Balaban J connectivity index is 0.00000169. The van der Waals surface area contributed by atoms with Gasteiger partial charge in [-0.15, -0.1) is 0 Å². The van der Waals surface area contributed by atoms with Crippen molar-refractivity contribution in [2.45, 2.75) is 0 Å². The van der Waals surface area contributed by atoms with Crippen LogP contribution in [0.3, 0.4) is 0 Å². The molecule has 9 heteroatoms. The van der Waals surface area contributed by atoms with Gasteiger partial charge in [-0.1, -0.05) is 12.1 Å². The number of quaternary nitrogens is 2. The van der Waals surface area contributed by atoms with Gasteiger partial charge in [-0.2, -0.15) is 0 Å². The Hall–Kier alpha value is -1.80. The van der Waals surface area contributed by atoms with Crippen LogP contribution >= 0.6 is 0 Å². The summed E-state index contributed by atoms with van der Waals surface area (Å²) >= 11 is 0. The summed E-state index contributed by atoms with van der Waals surface area (Å²) in [5, 5.41) is 16.0. The Bertz CT molecular complexity index is 819. The van der Waals surface area contributed by atoms with Crippen LogP contribution in [0.4, 0.5) is 0 Å². The molecule has 7 nitrogen and oxygen atoms in total. The average molecular weight is 403 g/mol. The summed E-state index contributed by atoms with van der Waals surface area (Å²) in [5.74, 6) is -0.757. The van der Waals surface area contributed by atoms with Gasteiger partial charge in [0.15, 0.2) is 0 Å². The van der Waals surface area contributed by atoms with Gasteiger partial charge in [-0.25, -0.2) is 0 Å². The Labute approximate surface area is 164 Å². The van der Waals surface area contributed by atoms with E-state index in [0.29, 0.717) is 17.4 Å². The standard InChI is InChI=1S/C17H22N4O3.2ClH/c1-20-13-5-3-2-4-12(13)15(22)14(17(20)24)16(23)19-8-11-21-9-6-18-7-10-21;;/h2-5,18,22H,6-11H2,1H3,(H,19,23);2*1H. The summed E-state index contributed by atoms with van der Waals surface area (Å²) in [4.78, 5) is 26.3. The quantitative estimate of drug-likeness (QED) is 0.409. The highest BCUT2D eigenvalue weighted by molar-refractivity contribution is 6.02. The van der Waals surface area contributed by atoms with E-state index in [-0.39, 0.29) is 36.1 Å². The maximum Gasteiger partial charge on any atom is 0.267 e. The van der Waals surface area contributed by atoms with Crippen LogP contribution in [-0.2, 0) is 7.05 Å². The molecule has 0 aliphatic carbocycles. The number of aromatic hydroxyl groups is 1. The number of hydrogen-bond acceptors (Lipinski definition) is 3. The van der Waals surface area contributed by atoms with E-state index in [1.54, 1.807) is 31.3 Å². The second kappa shape index (κ2) is 9.78. The Morgan fingerprint density at radius 2 is 1.92 bits per heavy atom. The molecule has 5 N–H and O–H groups in total. The Kier molecular flexibility index (Phi) is 8.36. The number of rotatable bonds is 4. The number of nitrogens with zero attached hydrogens (tertiary/aromatic N) is 1. The van der Waals surface area contributed by atoms with Crippen LogP contribution in [0, 0.1) is 0 Å². The molecule has 1 aromatic carbocycles. The summed E-state index contributed by atoms with van der Waals surface area (Å²) in [6.45, 7) is 5.69. The third-order valence-electron chi connectivity index (χ3n) is 4.67. The maximum absolute atomic E-state index is 12.4. The number of piperazine rings is 1. The highest BCUT2D eigenvalue weighted by Crippen LogP contribution is 2.25. The summed E-state index contributed by atoms with van der Waals surface area (Å²) in [5.41, 5.74) is -0.0626. The molecule has 144 valence electrons. The van der Waals surface area contributed by atoms with Gasteiger partial charge in [0.25, 0.3) is 11.5 Å². The van der Waals surface area contributed by atoms with Crippen molar-refractivity contribution in [3.8, 4) is 5.75 Å². The molecule has 0 atom stereocenters. The largest absolute Gasteiger partial charge is 1.00 e. The van der Waals surface area contributed by atoms with Crippen LogP contribution < -0.4 is 45.9 Å².